The SMILES string of the molecule is CNc1cccc(Cn2c(=O)oc3ccccc32)n1. The summed E-state index contributed by atoms with van der Waals surface area (Å²) >= 11 is 0. The summed E-state index contributed by atoms with van der Waals surface area (Å²) in [5.74, 6) is 0.413. The number of para-hydroxylation sites is 2. The Balaban J connectivity index is 2.05. The van der Waals surface area contributed by atoms with Gasteiger partial charge in [-0.25, -0.2) is 9.78 Å². The van der Waals surface area contributed by atoms with E-state index in [1.54, 1.807) is 10.6 Å². The Bertz CT molecular complexity index is 773. The maximum Gasteiger partial charge on any atom is 0.420 e. The van der Waals surface area contributed by atoms with Gasteiger partial charge in [-0.2, -0.15) is 0 Å². The van der Waals surface area contributed by atoms with E-state index < -0.39 is 0 Å². The van der Waals surface area contributed by atoms with Crippen molar-refractivity contribution >= 4 is 16.9 Å². The van der Waals surface area contributed by atoms with Crippen LogP contribution in [-0.2, 0) is 6.54 Å². The third-order valence-corrected chi connectivity index (χ3v) is 2.96. The van der Waals surface area contributed by atoms with E-state index in [0.717, 1.165) is 17.0 Å². The number of benzene rings is 1. The van der Waals surface area contributed by atoms with Gasteiger partial charge in [-0.05, 0) is 24.3 Å². The Kier molecular flexibility index (Phi) is 2.79. The lowest BCUT2D eigenvalue weighted by molar-refractivity contribution is 0.516. The van der Waals surface area contributed by atoms with Crippen molar-refractivity contribution in [2.75, 3.05) is 12.4 Å². The van der Waals surface area contributed by atoms with E-state index in [1.165, 1.54) is 0 Å². The number of rotatable bonds is 3. The van der Waals surface area contributed by atoms with Gasteiger partial charge in [-0.15, -0.1) is 0 Å². The molecule has 5 nitrogen and oxygen atoms in total. The molecule has 3 aromatic rings. The van der Waals surface area contributed by atoms with Gasteiger partial charge in [0, 0.05) is 7.05 Å². The summed E-state index contributed by atoms with van der Waals surface area (Å²) in [5, 5.41) is 2.98. The smallest absolute Gasteiger partial charge is 0.408 e. The minimum atomic E-state index is -0.363. The molecular formula is C14H13N3O2. The highest BCUT2D eigenvalue weighted by Crippen LogP contribution is 2.13. The molecule has 5 heteroatoms. The van der Waals surface area contributed by atoms with Crippen molar-refractivity contribution < 1.29 is 4.42 Å². The van der Waals surface area contributed by atoms with Crippen LogP contribution in [0.2, 0.25) is 0 Å². The first-order chi connectivity index (χ1) is 9.28. The second-order valence-corrected chi connectivity index (χ2v) is 4.19. The van der Waals surface area contributed by atoms with Crippen LogP contribution in [0.5, 0.6) is 0 Å². The van der Waals surface area contributed by atoms with Crippen molar-refractivity contribution in [3.05, 3.63) is 58.7 Å². The highest BCUT2D eigenvalue weighted by Gasteiger charge is 2.09. The fraction of sp³-hybridized carbons (Fsp3) is 0.143. The molecule has 2 heterocycles. The number of hydrogen-bond donors (Lipinski definition) is 1. The third-order valence-electron chi connectivity index (χ3n) is 2.96. The Morgan fingerprint density at radius 1 is 1.21 bits per heavy atom. The van der Waals surface area contributed by atoms with Gasteiger partial charge in [-0.1, -0.05) is 18.2 Å². The van der Waals surface area contributed by atoms with Crippen molar-refractivity contribution in [2.24, 2.45) is 0 Å². The Hall–Kier alpha value is -2.56. The molecule has 0 aliphatic carbocycles. The molecule has 96 valence electrons. The van der Waals surface area contributed by atoms with Gasteiger partial charge in [0.25, 0.3) is 0 Å². The largest absolute Gasteiger partial charge is 0.420 e. The first-order valence-corrected chi connectivity index (χ1v) is 6.00. The fourth-order valence-electron chi connectivity index (χ4n) is 2.03. The maximum absolute atomic E-state index is 11.9. The number of hydrogen-bond acceptors (Lipinski definition) is 4. The van der Waals surface area contributed by atoms with Crippen LogP contribution in [0.3, 0.4) is 0 Å². The minimum Gasteiger partial charge on any atom is -0.408 e. The number of pyridine rings is 1. The fourth-order valence-corrected chi connectivity index (χ4v) is 2.03. The van der Waals surface area contributed by atoms with Gasteiger partial charge in [0.1, 0.15) is 5.82 Å². The summed E-state index contributed by atoms with van der Waals surface area (Å²) in [5.41, 5.74) is 2.18. The summed E-state index contributed by atoms with van der Waals surface area (Å²) in [7, 11) is 1.81. The molecule has 3 rings (SSSR count). The first kappa shape index (κ1) is 11.5. The molecule has 1 aromatic carbocycles. The molecular weight excluding hydrogens is 242 g/mol. The van der Waals surface area contributed by atoms with Crippen LogP contribution in [0, 0.1) is 0 Å². The highest BCUT2D eigenvalue weighted by atomic mass is 16.4. The summed E-state index contributed by atoms with van der Waals surface area (Å²) in [6, 6.07) is 13.0. The standard InChI is InChI=1S/C14H13N3O2/c1-15-13-8-4-5-10(16-13)9-17-11-6-2-3-7-12(11)19-14(17)18/h2-8H,9H2,1H3,(H,15,16). The van der Waals surface area contributed by atoms with Gasteiger partial charge in [0.2, 0.25) is 0 Å². The monoisotopic (exact) mass is 255 g/mol. The molecule has 0 fully saturated rings. The first-order valence-electron chi connectivity index (χ1n) is 6.00. The molecule has 2 aromatic heterocycles. The predicted molar refractivity (Wildman–Crippen MR) is 73.4 cm³/mol. The van der Waals surface area contributed by atoms with Crippen LogP contribution in [-0.4, -0.2) is 16.6 Å². The molecule has 0 unspecified atom stereocenters. The average Bonchev–Trinajstić information content (AvgIpc) is 2.76. The molecule has 0 aliphatic heterocycles. The Labute approximate surface area is 109 Å². The number of nitrogens with one attached hydrogen (secondary N) is 1. The molecule has 0 saturated heterocycles. The summed E-state index contributed by atoms with van der Waals surface area (Å²) in [6.07, 6.45) is 0. The van der Waals surface area contributed by atoms with Crippen molar-refractivity contribution in [2.45, 2.75) is 6.54 Å². The Morgan fingerprint density at radius 2 is 2.05 bits per heavy atom. The quantitative estimate of drug-likeness (QED) is 0.778. The average molecular weight is 255 g/mol. The lowest BCUT2D eigenvalue weighted by Crippen LogP contribution is -2.15. The third kappa shape index (κ3) is 2.10. The summed E-state index contributed by atoms with van der Waals surface area (Å²) < 4.78 is 6.77. The van der Waals surface area contributed by atoms with E-state index in [9.17, 15) is 4.79 Å². The van der Waals surface area contributed by atoms with Crippen molar-refractivity contribution in [3.63, 3.8) is 0 Å². The summed E-state index contributed by atoms with van der Waals surface area (Å²) in [4.78, 5) is 16.3. The lowest BCUT2D eigenvalue weighted by Gasteiger charge is -2.04. The van der Waals surface area contributed by atoms with E-state index in [4.69, 9.17) is 4.42 Å². The molecule has 1 N–H and O–H groups in total. The Morgan fingerprint density at radius 3 is 2.89 bits per heavy atom. The maximum atomic E-state index is 11.9. The van der Waals surface area contributed by atoms with Crippen LogP contribution >= 0.6 is 0 Å². The topological polar surface area (TPSA) is 60.1 Å². The second-order valence-electron chi connectivity index (χ2n) is 4.19. The normalized spacial score (nSPS) is 10.8. The van der Waals surface area contributed by atoms with E-state index in [0.29, 0.717) is 12.1 Å². The van der Waals surface area contributed by atoms with E-state index in [1.807, 2.05) is 43.4 Å². The predicted octanol–water partition coefficient (Wildman–Crippen LogP) is 2.08. The molecule has 0 aliphatic rings. The number of aromatic nitrogens is 2. The highest BCUT2D eigenvalue weighted by molar-refractivity contribution is 5.72. The van der Waals surface area contributed by atoms with Crippen molar-refractivity contribution in [1.29, 1.82) is 0 Å². The lowest BCUT2D eigenvalue weighted by atomic mass is 10.3. The zero-order valence-corrected chi connectivity index (χ0v) is 10.5. The molecule has 0 atom stereocenters. The zero-order valence-electron chi connectivity index (χ0n) is 10.5. The van der Waals surface area contributed by atoms with Crippen LogP contribution in [0.1, 0.15) is 5.69 Å². The van der Waals surface area contributed by atoms with Crippen LogP contribution < -0.4 is 11.1 Å². The molecule has 19 heavy (non-hydrogen) atoms. The van der Waals surface area contributed by atoms with Crippen molar-refractivity contribution in [3.8, 4) is 0 Å². The number of fused-ring (bicyclic) bond motifs is 1. The number of anilines is 1. The molecule has 0 saturated carbocycles. The molecule has 0 bridgehead atoms. The van der Waals surface area contributed by atoms with E-state index in [2.05, 4.69) is 10.3 Å². The van der Waals surface area contributed by atoms with Gasteiger partial charge in [-0.3, -0.25) is 4.57 Å². The summed E-state index contributed by atoms with van der Waals surface area (Å²) in [6.45, 7) is 0.394. The van der Waals surface area contributed by atoms with Crippen LogP contribution in [0.25, 0.3) is 11.1 Å². The van der Waals surface area contributed by atoms with Gasteiger partial charge in [0.15, 0.2) is 5.58 Å². The van der Waals surface area contributed by atoms with E-state index >= 15 is 0 Å². The van der Waals surface area contributed by atoms with Crippen LogP contribution in [0.15, 0.2) is 51.7 Å². The molecule has 0 radical (unpaired) electrons. The molecule has 0 spiro atoms. The van der Waals surface area contributed by atoms with Crippen molar-refractivity contribution in [1.82, 2.24) is 9.55 Å². The minimum absolute atomic E-state index is 0.363. The van der Waals surface area contributed by atoms with Gasteiger partial charge >= 0.3 is 5.76 Å². The second kappa shape index (κ2) is 4.61. The van der Waals surface area contributed by atoms with Gasteiger partial charge in [0.05, 0.1) is 17.8 Å². The van der Waals surface area contributed by atoms with Crippen LogP contribution in [0.4, 0.5) is 5.82 Å². The van der Waals surface area contributed by atoms with Gasteiger partial charge < -0.3 is 9.73 Å². The van der Waals surface area contributed by atoms with E-state index in [-0.39, 0.29) is 5.76 Å². The molecule has 0 amide bonds. The number of oxazole rings is 1. The number of nitrogens with zero attached hydrogens (tertiary/aromatic N) is 2. The zero-order chi connectivity index (χ0) is 13.2.